The second-order valence-corrected chi connectivity index (χ2v) is 6.76. The molecule has 0 saturated carbocycles. The van der Waals surface area contributed by atoms with E-state index in [9.17, 15) is 18.4 Å². The Bertz CT molecular complexity index is 1050. The molecule has 0 spiro atoms. The van der Waals surface area contributed by atoms with Crippen molar-refractivity contribution in [2.75, 3.05) is 5.32 Å². The lowest BCUT2D eigenvalue weighted by molar-refractivity contribution is -0.118. The molecule has 5 nitrogen and oxygen atoms in total. The van der Waals surface area contributed by atoms with Gasteiger partial charge in [0.2, 0.25) is 5.91 Å². The molecule has 4 rings (SSSR count). The first-order valence-electron chi connectivity index (χ1n) is 8.02. The number of nitrogens with one attached hydrogen (secondary N) is 1. The maximum Gasteiger partial charge on any atom is 0.339 e. The highest BCUT2D eigenvalue weighted by atomic mass is 32.1. The molecule has 1 aromatic heterocycles. The summed E-state index contributed by atoms with van der Waals surface area (Å²) in [5.41, 5.74) is 1.97. The number of rotatable bonds is 4. The van der Waals surface area contributed by atoms with Crippen LogP contribution in [0.3, 0.4) is 0 Å². The summed E-state index contributed by atoms with van der Waals surface area (Å²) in [6.07, 6.45) is -0.678. The third kappa shape index (κ3) is 3.43. The summed E-state index contributed by atoms with van der Waals surface area (Å²) in [7, 11) is 0. The zero-order valence-corrected chi connectivity index (χ0v) is 14.6. The summed E-state index contributed by atoms with van der Waals surface area (Å²) in [6, 6.07) is 10.4. The standard InChI is InChI=1S/C19H12F2N2O3S/c20-13-6-5-10(7-14(13)21)15-9-27-19(22-15)23-17(24)8-16-11-3-1-2-4-12(11)18(25)26-16/h1-7,9,16H,8H2,(H,22,23,24)/t16-/m0/s1. The van der Waals surface area contributed by atoms with E-state index in [-0.39, 0.29) is 12.3 Å². The number of amides is 1. The summed E-state index contributed by atoms with van der Waals surface area (Å²) in [5.74, 6) is -2.71. The number of esters is 1. The van der Waals surface area contributed by atoms with Crippen molar-refractivity contribution in [1.29, 1.82) is 0 Å². The first-order chi connectivity index (χ1) is 13.0. The van der Waals surface area contributed by atoms with Gasteiger partial charge in [0, 0.05) is 16.5 Å². The maximum absolute atomic E-state index is 13.4. The van der Waals surface area contributed by atoms with E-state index in [2.05, 4.69) is 10.3 Å². The van der Waals surface area contributed by atoms with Crippen molar-refractivity contribution in [1.82, 2.24) is 4.98 Å². The number of ether oxygens (including phenoxy) is 1. The van der Waals surface area contributed by atoms with Crippen molar-refractivity contribution in [3.8, 4) is 11.3 Å². The molecule has 1 N–H and O–H groups in total. The van der Waals surface area contributed by atoms with Gasteiger partial charge in [-0.05, 0) is 24.3 Å². The van der Waals surface area contributed by atoms with E-state index in [1.807, 2.05) is 0 Å². The molecule has 27 heavy (non-hydrogen) atoms. The SMILES string of the molecule is O=C(C[C@@H]1OC(=O)c2ccccc21)Nc1nc(-c2ccc(F)c(F)c2)cs1. The second kappa shape index (κ2) is 6.88. The minimum atomic E-state index is -0.965. The van der Waals surface area contributed by atoms with E-state index in [4.69, 9.17) is 4.74 Å². The fourth-order valence-electron chi connectivity index (χ4n) is 2.83. The van der Waals surface area contributed by atoms with Crippen LogP contribution in [0.2, 0.25) is 0 Å². The van der Waals surface area contributed by atoms with Gasteiger partial charge >= 0.3 is 5.97 Å². The van der Waals surface area contributed by atoms with Gasteiger partial charge in [-0.25, -0.2) is 18.6 Å². The van der Waals surface area contributed by atoms with E-state index >= 15 is 0 Å². The average Bonchev–Trinajstić information content (AvgIpc) is 3.23. The molecule has 2 heterocycles. The van der Waals surface area contributed by atoms with Gasteiger partial charge in [-0.2, -0.15) is 0 Å². The molecule has 1 amide bonds. The number of halogens is 2. The molecule has 3 aromatic rings. The van der Waals surface area contributed by atoms with Crippen molar-refractivity contribution in [2.24, 2.45) is 0 Å². The van der Waals surface area contributed by atoms with Gasteiger partial charge in [0.25, 0.3) is 0 Å². The molecule has 0 radical (unpaired) electrons. The Balaban J connectivity index is 1.44. The van der Waals surface area contributed by atoms with Crippen molar-refractivity contribution in [2.45, 2.75) is 12.5 Å². The summed E-state index contributed by atoms with van der Waals surface area (Å²) in [6.45, 7) is 0. The van der Waals surface area contributed by atoms with E-state index in [0.717, 1.165) is 23.5 Å². The molecule has 0 saturated heterocycles. The predicted molar refractivity (Wildman–Crippen MR) is 95.3 cm³/mol. The summed E-state index contributed by atoms with van der Waals surface area (Å²) >= 11 is 1.16. The summed E-state index contributed by atoms with van der Waals surface area (Å²) < 4.78 is 31.6. The van der Waals surface area contributed by atoms with Crippen LogP contribution in [0.1, 0.15) is 28.4 Å². The molecule has 0 fully saturated rings. The minimum absolute atomic E-state index is 0.0388. The van der Waals surface area contributed by atoms with Gasteiger partial charge in [-0.1, -0.05) is 18.2 Å². The molecule has 136 valence electrons. The van der Waals surface area contributed by atoms with Crippen LogP contribution in [-0.2, 0) is 9.53 Å². The van der Waals surface area contributed by atoms with Crippen molar-refractivity contribution >= 4 is 28.3 Å². The largest absolute Gasteiger partial charge is 0.453 e. The lowest BCUT2D eigenvalue weighted by Crippen LogP contribution is -2.15. The topological polar surface area (TPSA) is 68.3 Å². The smallest absolute Gasteiger partial charge is 0.339 e. The van der Waals surface area contributed by atoms with Gasteiger partial charge in [0.1, 0.15) is 6.10 Å². The van der Waals surface area contributed by atoms with Crippen LogP contribution in [0, 0.1) is 11.6 Å². The van der Waals surface area contributed by atoms with Gasteiger partial charge in [0.05, 0.1) is 17.7 Å². The zero-order chi connectivity index (χ0) is 19.0. The van der Waals surface area contributed by atoms with Crippen LogP contribution < -0.4 is 5.32 Å². The molecule has 1 atom stereocenters. The highest BCUT2D eigenvalue weighted by Crippen LogP contribution is 2.33. The van der Waals surface area contributed by atoms with Crippen LogP contribution in [0.5, 0.6) is 0 Å². The number of cyclic esters (lactones) is 1. The van der Waals surface area contributed by atoms with Crippen LogP contribution in [-0.4, -0.2) is 16.9 Å². The zero-order valence-electron chi connectivity index (χ0n) is 13.7. The number of anilines is 1. The number of nitrogens with zero attached hydrogens (tertiary/aromatic N) is 1. The van der Waals surface area contributed by atoms with Gasteiger partial charge in [0.15, 0.2) is 16.8 Å². The molecule has 8 heteroatoms. The van der Waals surface area contributed by atoms with Gasteiger partial charge in [-0.15, -0.1) is 11.3 Å². The lowest BCUT2D eigenvalue weighted by Gasteiger charge is -2.09. The first-order valence-corrected chi connectivity index (χ1v) is 8.90. The fourth-order valence-corrected chi connectivity index (χ4v) is 3.57. The Hall–Kier alpha value is -3.13. The molecule has 2 aromatic carbocycles. The molecular weight excluding hydrogens is 374 g/mol. The number of thiazole rings is 1. The third-order valence-electron chi connectivity index (χ3n) is 4.11. The van der Waals surface area contributed by atoms with E-state index in [0.29, 0.717) is 27.5 Å². The molecule has 0 unspecified atom stereocenters. The lowest BCUT2D eigenvalue weighted by atomic mass is 10.0. The van der Waals surface area contributed by atoms with Gasteiger partial charge < -0.3 is 10.1 Å². The Morgan fingerprint density at radius 1 is 1.19 bits per heavy atom. The molecule has 1 aliphatic heterocycles. The Kier molecular flexibility index (Phi) is 4.41. The highest BCUT2D eigenvalue weighted by Gasteiger charge is 2.32. The first kappa shape index (κ1) is 17.3. The minimum Gasteiger partial charge on any atom is -0.453 e. The van der Waals surface area contributed by atoms with E-state index in [1.165, 1.54) is 6.07 Å². The number of carbonyl (C=O) groups is 2. The molecule has 1 aliphatic rings. The number of carbonyl (C=O) groups excluding carboxylic acids is 2. The number of hydrogen-bond donors (Lipinski definition) is 1. The normalized spacial score (nSPS) is 15.3. The number of hydrogen-bond acceptors (Lipinski definition) is 5. The van der Waals surface area contributed by atoms with Crippen molar-refractivity contribution < 1.29 is 23.1 Å². The molecule has 0 bridgehead atoms. The number of benzene rings is 2. The Labute approximate surface area is 156 Å². The van der Waals surface area contributed by atoms with Crippen LogP contribution in [0.25, 0.3) is 11.3 Å². The Morgan fingerprint density at radius 3 is 2.81 bits per heavy atom. The molecular formula is C19H12F2N2O3S. The average molecular weight is 386 g/mol. The maximum atomic E-state index is 13.4. The van der Waals surface area contributed by atoms with Crippen LogP contribution >= 0.6 is 11.3 Å². The monoisotopic (exact) mass is 386 g/mol. The summed E-state index contributed by atoms with van der Waals surface area (Å²) in [4.78, 5) is 28.3. The fraction of sp³-hybridized carbons (Fsp3) is 0.105. The van der Waals surface area contributed by atoms with Crippen LogP contribution in [0.4, 0.5) is 13.9 Å². The molecule has 0 aliphatic carbocycles. The van der Waals surface area contributed by atoms with E-state index in [1.54, 1.807) is 29.6 Å². The second-order valence-electron chi connectivity index (χ2n) is 5.90. The van der Waals surface area contributed by atoms with Crippen molar-refractivity contribution in [3.63, 3.8) is 0 Å². The van der Waals surface area contributed by atoms with E-state index < -0.39 is 23.7 Å². The summed E-state index contributed by atoms with van der Waals surface area (Å²) in [5, 5.41) is 4.59. The van der Waals surface area contributed by atoms with Gasteiger partial charge in [-0.3, -0.25) is 4.79 Å². The van der Waals surface area contributed by atoms with Crippen LogP contribution in [0.15, 0.2) is 47.8 Å². The number of fused-ring (bicyclic) bond motifs is 1. The third-order valence-corrected chi connectivity index (χ3v) is 4.87. The predicted octanol–water partition coefficient (Wildman–Crippen LogP) is 4.33. The number of aromatic nitrogens is 1. The Morgan fingerprint density at radius 2 is 2.00 bits per heavy atom. The van der Waals surface area contributed by atoms with Crippen molar-refractivity contribution in [3.05, 3.63) is 70.6 Å². The highest BCUT2D eigenvalue weighted by molar-refractivity contribution is 7.14. The quantitative estimate of drug-likeness (QED) is 0.678.